The van der Waals surface area contributed by atoms with Crippen molar-refractivity contribution in [3.63, 3.8) is 0 Å². The van der Waals surface area contributed by atoms with Crippen LogP contribution >= 0.6 is 23.2 Å². The summed E-state index contributed by atoms with van der Waals surface area (Å²) < 4.78 is 0. The van der Waals surface area contributed by atoms with Gasteiger partial charge in [0.15, 0.2) is 0 Å². The molecule has 2 rings (SSSR count). The van der Waals surface area contributed by atoms with E-state index in [4.69, 9.17) is 28.3 Å². The van der Waals surface area contributed by atoms with Gasteiger partial charge in [-0.1, -0.05) is 35.3 Å². The molecule has 14 heavy (non-hydrogen) atoms. The van der Waals surface area contributed by atoms with E-state index in [1.54, 1.807) is 12.1 Å². The van der Waals surface area contributed by atoms with Gasteiger partial charge in [-0.25, -0.2) is 4.98 Å². The zero-order valence-corrected chi connectivity index (χ0v) is 8.68. The van der Waals surface area contributed by atoms with Crippen LogP contribution in [0.3, 0.4) is 0 Å². The van der Waals surface area contributed by atoms with Gasteiger partial charge in [0.05, 0.1) is 27.9 Å². The quantitative estimate of drug-likeness (QED) is 0.813. The molecule has 0 saturated heterocycles. The van der Waals surface area contributed by atoms with E-state index in [0.717, 1.165) is 5.39 Å². The summed E-state index contributed by atoms with van der Waals surface area (Å²) in [4.78, 5) is 4.19. The number of benzene rings is 1. The predicted octanol–water partition coefficient (Wildman–Crippen LogP) is 3.03. The molecule has 0 spiro atoms. The third kappa shape index (κ3) is 1.57. The lowest BCUT2D eigenvalue weighted by Crippen LogP contribution is -1.90. The molecule has 0 atom stereocenters. The Kier molecular flexibility index (Phi) is 2.59. The minimum Gasteiger partial charge on any atom is -0.390 e. The van der Waals surface area contributed by atoms with Gasteiger partial charge in [0.2, 0.25) is 0 Å². The lowest BCUT2D eigenvalue weighted by atomic mass is 10.2. The summed E-state index contributed by atoms with van der Waals surface area (Å²) in [6.07, 6.45) is 0. The maximum atomic E-state index is 8.92. The van der Waals surface area contributed by atoms with Crippen LogP contribution in [0.2, 0.25) is 10.0 Å². The molecule has 0 fully saturated rings. The highest BCUT2D eigenvalue weighted by atomic mass is 35.5. The summed E-state index contributed by atoms with van der Waals surface area (Å²) >= 11 is 11.8. The van der Waals surface area contributed by atoms with Crippen LogP contribution in [-0.4, -0.2) is 10.1 Å². The Morgan fingerprint density at radius 3 is 2.57 bits per heavy atom. The summed E-state index contributed by atoms with van der Waals surface area (Å²) in [5.74, 6) is 0. The summed E-state index contributed by atoms with van der Waals surface area (Å²) in [6.45, 7) is -0.0984. The molecule has 0 bridgehead atoms. The molecule has 0 aliphatic carbocycles. The van der Waals surface area contributed by atoms with Crippen molar-refractivity contribution in [2.45, 2.75) is 6.61 Å². The van der Waals surface area contributed by atoms with Crippen molar-refractivity contribution in [1.82, 2.24) is 4.98 Å². The van der Waals surface area contributed by atoms with Crippen LogP contribution < -0.4 is 0 Å². The van der Waals surface area contributed by atoms with Gasteiger partial charge in [-0.2, -0.15) is 0 Å². The van der Waals surface area contributed by atoms with Crippen molar-refractivity contribution in [1.29, 1.82) is 0 Å². The predicted molar refractivity (Wildman–Crippen MR) is 57.7 cm³/mol. The number of halogens is 2. The summed E-state index contributed by atoms with van der Waals surface area (Å²) in [5, 5.41) is 10.7. The van der Waals surface area contributed by atoms with Crippen molar-refractivity contribution < 1.29 is 5.11 Å². The average Bonchev–Trinajstić information content (AvgIpc) is 2.23. The first-order valence-corrected chi connectivity index (χ1v) is 4.82. The first-order chi connectivity index (χ1) is 6.72. The Labute approximate surface area is 91.1 Å². The molecule has 4 heteroatoms. The fourth-order valence-corrected chi connectivity index (χ4v) is 1.62. The van der Waals surface area contributed by atoms with Crippen LogP contribution in [0, 0.1) is 0 Å². The second-order valence-electron chi connectivity index (χ2n) is 2.89. The molecule has 1 aromatic heterocycles. The number of aliphatic hydroxyl groups excluding tert-OH is 1. The number of rotatable bonds is 1. The van der Waals surface area contributed by atoms with Crippen molar-refractivity contribution in [3.05, 3.63) is 40.0 Å². The highest BCUT2D eigenvalue weighted by Crippen LogP contribution is 2.29. The van der Waals surface area contributed by atoms with Gasteiger partial charge in [0.1, 0.15) is 0 Å². The van der Waals surface area contributed by atoms with Crippen molar-refractivity contribution >= 4 is 34.1 Å². The Morgan fingerprint density at radius 1 is 1.14 bits per heavy atom. The van der Waals surface area contributed by atoms with Crippen LogP contribution in [0.1, 0.15) is 5.69 Å². The van der Waals surface area contributed by atoms with Crippen LogP contribution in [0.5, 0.6) is 0 Å². The smallest absolute Gasteiger partial charge is 0.0907 e. The Hall–Kier alpha value is -0.830. The fourth-order valence-electron chi connectivity index (χ4n) is 1.26. The molecule has 0 amide bonds. The van der Waals surface area contributed by atoms with E-state index in [-0.39, 0.29) is 6.61 Å². The van der Waals surface area contributed by atoms with Gasteiger partial charge in [-0.15, -0.1) is 0 Å². The van der Waals surface area contributed by atoms with Gasteiger partial charge in [0.25, 0.3) is 0 Å². The zero-order valence-electron chi connectivity index (χ0n) is 7.17. The molecule has 1 N–H and O–H groups in total. The molecule has 1 aromatic carbocycles. The van der Waals surface area contributed by atoms with E-state index < -0.39 is 0 Å². The molecule has 2 nitrogen and oxygen atoms in total. The van der Waals surface area contributed by atoms with Gasteiger partial charge >= 0.3 is 0 Å². The summed E-state index contributed by atoms with van der Waals surface area (Å²) in [6, 6.07) is 7.19. The lowest BCUT2D eigenvalue weighted by Gasteiger charge is -2.03. The van der Waals surface area contributed by atoms with Crippen LogP contribution in [-0.2, 0) is 6.61 Å². The molecule has 2 aromatic rings. The lowest BCUT2D eigenvalue weighted by molar-refractivity contribution is 0.277. The van der Waals surface area contributed by atoms with Gasteiger partial charge in [-0.05, 0) is 12.1 Å². The number of hydrogen-bond acceptors (Lipinski definition) is 2. The molecular formula is C10H7Cl2NO. The molecular weight excluding hydrogens is 221 g/mol. The second kappa shape index (κ2) is 3.73. The van der Waals surface area contributed by atoms with E-state index in [1.807, 2.05) is 12.1 Å². The number of nitrogens with zero attached hydrogens (tertiary/aromatic N) is 1. The number of hydrogen-bond donors (Lipinski definition) is 1. The molecule has 0 unspecified atom stereocenters. The second-order valence-corrected chi connectivity index (χ2v) is 3.68. The Balaban J connectivity index is 2.78. The van der Waals surface area contributed by atoms with Gasteiger partial charge in [-0.3, -0.25) is 0 Å². The van der Waals surface area contributed by atoms with E-state index in [1.165, 1.54) is 0 Å². The molecule has 1 heterocycles. The zero-order chi connectivity index (χ0) is 10.1. The number of pyridine rings is 1. The van der Waals surface area contributed by atoms with Crippen LogP contribution in [0.25, 0.3) is 10.9 Å². The van der Waals surface area contributed by atoms with Crippen LogP contribution in [0.4, 0.5) is 0 Å². The summed E-state index contributed by atoms with van der Waals surface area (Å²) in [7, 11) is 0. The van der Waals surface area contributed by atoms with Crippen molar-refractivity contribution in [3.8, 4) is 0 Å². The van der Waals surface area contributed by atoms with Gasteiger partial charge < -0.3 is 5.11 Å². The van der Waals surface area contributed by atoms with E-state index in [2.05, 4.69) is 4.98 Å². The van der Waals surface area contributed by atoms with Crippen LogP contribution in [0.15, 0.2) is 24.3 Å². The Bertz CT molecular complexity index is 485. The standard InChI is InChI=1S/C10H7Cl2NO/c11-8-4-2-6-1-3-7(5-14)13-10(6)9(8)12/h1-4,14H,5H2. The normalized spacial score (nSPS) is 10.8. The topological polar surface area (TPSA) is 33.1 Å². The third-order valence-corrected chi connectivity index (χ3v) is 2.77. The van der Waals surface area contributed by atoms with Crippen molar-refractivity contribution in [2.75, 3.05) is 0 Å². The average molecular weight is 228 g/mol. The van der Waals surface area contributed by atoms with E-state index in [0.29, 0.717) is 21.3 Å². The molecule has 0 aliphatic rings. The minimum absolute atomic E-state index is 0.0984. The number of aliphatic hydroxyl groups is 1. The van der Waals surface area contributed by atoms with E-state index in [9.17, 15) is 0 Å². The first kappa shape index (κ1) is 9.71. The van der Waals surface area contributed by atoms with Crippen molar-refractivity contribution in [2.24, 2.45) is 0 Å². The van der Waals surface area contributed by atoms with Gasteiger partial charge in [0, 0.05) is 5.39 Å². The third-order valence-electron chi connectivity index (χ3n) is 1.97. The first-order valence-electron chi connectivity index (χ1n) is 4.07. The highest BCUT2D eigenvalue weighted by molar-refractivity contribution is 6.44. The SMILES string of the molecule is OCc1ccc2ccc(Cl)c(Cl)c2n1. The molecule has 0 saturated carbocycles. The fraction of sp³-hybridized carbons (Fsp3) is 0.100. The van der Waals surface area contributed by atoms with E-state index >= 15 is 0 Å². The number of aromatic nitrogens is 1. The molecule has 72 valence electrons. The highest BCUT2D eigenvalue weighted by Gasteiger charge is 2.05. The largest absolute Gasteiger partial charge is 0.390 e. The minimum atomic E-state index is -0.0984. The maximum Gasteiger partial charge on any atom is 0.0907 e. The maximum absolute atomic E-state index is 8.92. The summed E-state index contributed by atoms with van der Waals surface area (Å²) in [5.41, 5.74) is 1.22. The monoisotopic (exact) mass is 227 g/mol. The number of fused-ring (bicyclic) bond motifs is 1. The Morgan fingerprint density at radius 2 is 1.86 bits per heavy atom. The molecule has 0 radical (unpaired) electrons. The molecule has 0 aliphatic heterocycles.